The van der Waals surface area contributed by atoms with Crippen molar-refractivity contribution in [2.75, 3.05) is 25.0 Å². The third kappa shape index (κ3) is 2.78. The zero-order valence-electron chi connectivity index (χ0n) is 11.4. The van der Waals surface area contributed by atoms with Crippen LogP contribution in [-0.2, 0) is 21.2 Å². The van der Waals surface area contributed by atoms with Gasteiger partial charge >= 0.3 is 0 Å². The summed E-state index contributed by atoms with van der Waals surface area (Å²) in [5.74, 6) is -0.654. The fourth-order valence-corrected chi connectivity index (χ4v) is 4.09. The molecule has 0 saturated carbocycles. The lowest BCUT2D eigenvalue weighted by Crippen LogP contribution is -2.38. The van der Waals surface area contributed by atoms with Crippen LogP contribution in [-0.4, -0.2) is 38.3 Å². The molecule has 0 radical (unpaired) electrons. The number of nitrogens with two attached hydrogens (primary N) is 1. The molecule has 1 aromatic rings. The first-order valence-corrected chi connectivity index (χ1v) is 8.05. The molecule has 1 aliphatic heterocycles. The molecule has 3 N–H and O–H groups in total. The molecule has 0 bridgehead atoms. The first-order chi connectivity index (χ1) is 9.46. The van der Waals surface area contributed by atoms with Gasteiger partial charge in [0.1, 0.15) is 0 Å². The summed E-state index contributed by atoms with van der Waals surface area (Å²) in [6.45, 7) is 2.45. The predicted octanol–water partition coefficient (Wildman–Crippen LogP) is 0.541. The number of nitrogens with zero attached hydrogens (tertiary/aromatic N) is 1. The van der Waals surface area contributed by atoms with E-state index in [-0.39, 0.29) is 18.0 Å². The van der Waals surface area contributed by atoms with Crippen LogP contribution < -0.4 is 11.1 Å². The van der Waals surface area contributed by atoms with Crippen molar-refractivity contribution in [2.45, 2.75) is 24.7 Å². The number of hydrogen-bond acceptors (Lipinski definition) is 4. The van der Waals surface area contributed by atoms with E-state index >= 15 is 0 Å². The van der Waals surface area contributed by atoms with E-state index in [1.165, 1.54) is 0 Å². The van der Waals surface area contributed by atoms with Crippen LogP contribution in [0.5, 0.6) is 0 Å². The van der Waals surface area contributed by atoms with E-state index in [1.807, 2.05) is 6.07 Å². The van der Waals surface area contributed by atoms with Crippen molar-refractivity contribution in [3.63, 3.8) is 0 Å². The van der Waals surface area contributed by atoms with Gasteiger partial charge in [0.2, 0.25) is 15.9 Å². The number of carbonyl (C=O) groups is 1. The topological polar surface area (TPSA) is 92.5 Å². The summed E-state index contributed by atoms with van der Waals surface area (Å²) in [5.41, 5.74) is 6.77. The van der Waals surface area contributed by atoms with Crippen LogP contribution in [0.15, 0.2) is 23.1 Å². The Kier molecular flexibility index (Phi) is 4.29. The molecule has 0 spiro atoms. The van der Waals surface area contributed by atoms with Crippen molar-refractivity contribution in [1.82, 2.24) is 4.31 Å². The molecule has 0 saturated heterocycles. The highest BCUT2D eigenvalue weighted by Gasteiger charge is 2.28. The van der Waals surface area contributed by atoms with E-state index in [4.69, 9.17) is 5.73 Å². The Balaban J connectivity index is 2.46. The minimum Gasteiger partial charge on any atom is -0.385 e. The molecular formula is C13H19N3O3S. The van der Waals surface area contributed by atoms with Gasteiger partial charge in [0.25, 0.3) is 0 Å². The molecule has 1 heterocycles. The number of benzene rings is 1. The van der Waals surface area contributed by atoms with Crippen molar-refractivity contribution in [3.05, 3.63) is 23.8 Å². The van der Waals surface area contributed by atoms with E-state index < -0.39 is 15.9 Å². The predicted molar refractivity (Wildman–Crippen MR) is 76.9 cm³/mol. The van der Waals surface area contributed by atoms with Gasteiger partial charge in [-0.3, -0.25) is 4.79 Å². The molecule has 0 fully saturated rings. The van der Waals surface area contributed by atoms with Gasteiger partial charge in [-0.2, -0.15) is 4.31 Å². The molecule has 0 unspecified atom stereocenters. The van der Waals surface area contributed by atoms with E-state index in [1.54, 1.807) is 19.1 Å². The molecule has 0 aliphatic carbocycles. The van der Waals surface area contributed by atoms with Crippen LogP contribution in [0.2, 0.25) is 0 Å². The van der Waals surface area contributed by atoms with Crippen molar-refractivity contribution in [3.8, 4) is 0 Å². The Hall–Kier alpha value is -1.60. The molecule has 110 valence electrons. The normalized spacial score (nSPS) is 14.7. The lowest BCUT2D eigenvalue weighted by Gasteiger charge is -2.24. The monoisotopic (exact) mass is 297 g/mol. The van der Waals surface area contributed by atoms with E-state index in [2.05, 4.69) is 5.32 Å². The lowest BCUT2D eigenvalue weighted by atomic mass is 10.0. The maximum atomic E-state index is 12.7. The molecular weight excluding hydrogens is 278 g/mol. The second kappa shape index (κ2) is 5.80. The highest BCUT2D eigenvalue weighted by atomic mass is 32.2. The third-order valence-corrected chi connectivity index (χ3v) is 5.36. The summed E-state index contributed by atoms with van der Waals surface area (Å²) >= 11 is 0. The molecule has 20 heavy (non-hydrogen) atoms. The highest BCUT2D eigenvalue weighted by molar-refractivity contribution is 7.89. The number of likely N-dealkylation sites (N-methyl/N-ethyl adjacent to an activating group) is 1. The number of amides is 1. The molecule has 1 amide bonds. The first-order valence-electron chi connectivity index (χ1n) is 6.61. The van der Waals surface area contributed by atoms with Crippen LogP contribution in [0.25, 0.3) is 0 Å². The Morgan fingerprint density at radius 1 is 1.45 bits per heavy atom. The van der Waals surface area contributed by atoms with Crippen LogP contribution in [0.4, 0.5) is 5.69 Å². The summed E-state index contributed by atoms with van der Waals surface area (Å²) in [5, 5.41) is 3.20. The van der Waals surface area contributed by atoms with Gasteiger partial charge in [-0.1, -0.05) is 13.0 Å². The molecule has 2 rings (SSSR count). The SMILES string of the molecule is CCN(CC(N)=O)S(=O)(=O)c1cccc2c1CCCN2. The summed E-state index contributed by atoms with van der Waals surface area (Å²) in [6, 6.07) is 5.17. The van der Waals surface area contributed by atoms with Gasteiger partial charge in [0.15, 0.2) is 0 Å². The minimum atomic E-state index is -3.70. The largest absolute Gasteiger partial charge is 0.385 e. The molecule has 0 atom stereocenters. The summed E-state index contributed by atoms with van der Waals surface area (Å²) < 4.78 is 26.4. The zero-order valence-corrected chi connectivity index (χ0v) is 12.2. The summed E-state index contributed by atoms with van der Waals surface area (Å²) in [6.07, 6.45) is 1.60. The highest BCUT2D eigenvalue weighted by Crippen LogP contribution is 2.30. The maximum Gasteiger partial charge on any atom is 0.243 e. The number of fused-ring (bicyclic) bond motifs is 1. The van der Waals surface area contributed by atoms with E-state index in [0.29, 0.717) is 6.42 Å². The van der Waals surface area contributed by atoms with E-state index in [9.17, 15) is 13.2 Å². The quantitative estimate of drug-likeness (QED) is 0.829. The summed E-state index contributed by atoms with van der Waals surface area (Å²) in [7, 11) is -3.70. The third-order valence-electron chi connectivity index (χ3n) is 3.35. The number of rotatable bonds is 5. The van der Waals surface area contributed by atoms with Crippen molar-refractivity contribution in [2.24, 2.45) is 5.73 Å². The number of hydrogen-bond donors (Lipinski definition) is 2. The molecule has 1 aromatic carbocycles. The Morgan fingerprint density at radius 3 is 2.85 bits per heavy atom. The molecule has 1 aliphatic rings. The molecule has 0 aromatic heterocycles. The smallest absolute Gasteiger partial charge is 0.243 e. The Bertz CT molecular complexity index is 613. The summed E-state index contributed by atoms with van der Waals surface area (Å²) in [4.78, 5) is 11.3. The Morgan fingerprint density at radius 2 is 2.20 bits per heavy atom. The van der Waals surface area contributed by atoms with Crippen molar-refractivity contribution < 1.29 is 13.2 Å². The van der Waals surface area contributed by atoms with Gasteiger partial charge in [0.05, 0.1) is 11.4 Å². The van der Waals surface area contributed by atoms with Gasteiger partial charge in [-0.25, -0.2) is 8.42 Å². The number of nitrogens with one attached hydrogen (secondary N) is 1. The maximum absolute atomic E-state index is 12.7. The molecule has 6 nitrogen and oxygen atoms in total. The van der Waals surface area contributed by atoms with Gasteiger partial charge < -0.3 is 11.1 Å². The van der Waals surface area contributed by atoms with Crippen LogP contribution >= 0.6 is 0 Å². The number of sulfonamides is 1. The fraction of sp³-hybridized carbons (Fsp3) is 0.462. The van der Waals surface area contributed by atoms with E-state index in [0.717, 1.165) is 28.5 Å². The lowest BCUT2D eigenvalue weighted by molar-refractivity contribution is -0.118. The van der Waals surface area contributed by atoms with Crippen LogP contribution in [0.3, 0.4) is 0 Å². The number of anilines is 1. The van der Waals surface area contributed by atoms with Crippen LogP contribution in [0, 0.1) is 0 Å². The Labute approximate surface area is 119 Å². The number of primary amides is 1. The zero-order chi connectivity index (χ0) is 14.8. The van der Waals surface area contributed by atoms with Gasteiger partial charge in [-0.15, -0.1) is 0 Å². The first kappa shape index (κ1) is 14.8. The van der Waals surface area contributed by atoms with Gasteiger partial charge in [0, 0.05) is 18.8 Å². The number of carbonyl (C=O) groups excluding carboxylic acids is 1. The molecule has 7 heteroatoms. The van der Waals surface area contributed by atoms with Gasteiger partial charge in [-0.05, 0) is 30.5 Å². The standard InChI is InChI=1S/C13H19N3O3S/c1-2-16(9-13(14)17)20(18,19)12-7-3-6-11-10(12)5-4-8-15-11/h3,6-7,15H,2,4-5,8-9H2,1H3,(H2,14,17). The fourth-order valence-electron chi connectivity index (χ4n) is 2.40. The second-order valence-electron chi connectivity index (χ2n) is 4.71. The minimum absolute atomic E-state index is 0.211. The average molecular weight is 297 g/mol. The average Bonchev–Trinajstić information content (AvgIpc) is 2.43. The van der Waals surface area contributed by atoms with Crippen molar-refractivity contribution >= 4 is 21.6 Å². The van der Waals surface area contributed by atoms with Crippen molar-refractivity contribution in [1.29, 1.82) is 0 Å². The van der Waals surface area contributed by atoms with Crippen LogP contribution in [0.1, 0.15) is 18.9 Å². The second-order valence-corrected chi connectivity index (χ2v) is 6.62.